The summed E-state index contributed by atoms with van der Waals surface area (Å²) < 4.78 is 17.1. The molecule has 4 nitrogen and oxygen atoms in total. The van der Waals surface area contributed by atoms with Crippen LogP contribution in [-0.2, 0) is 11.0 Å². The second kappa shape index (κ2) is 4.46. The molecule has 0 atom stereocenters. The molecule has 0 saturated carbocycles. The van der Waals surface area contributed by atoms with Crippen LogP contribution in [-0.4, -0.2) is 23.5 Å². The summed E-state index contributed by atoms with van der Waals surface area (Å²) in [5.74, 6) is 1.17. The standard InChI is InChI=1S/C12H15N2O2P/c1-4-11-13-12(14-16-11)9-6-5-7-10(8-9)17(2,3)15/h5-8H,4H2,1-3H3. The third kappa shape index (κ3) is 2.64. The molecule has 0 fully saturated rings. The first-order valence-electron chi connectivity index (χ1n) is 5.49. The molecule has 5 heteroatoms. The van der Waals surface area contributed by atoms with Crippen LogP contribution in [0, 0.1) is 0 Å². The Kier molecular flexibility index (Phi) is 3.16. The van der Waals surface area contributed by atoms with E-state index in [4.69, 9.17) is 4.52 Å². The Labute approximate surface area is 100 Å². The molecule has 0 spiro atoms. The zero-order valence-corrected chi connectivity index (χ0v) is 11.1. The minimum Gasteiger partial charge on any atom is -0.339 e. The number of rotatable bonds is 3. The third-order valence-corrected chi connectivity index (χ3v) is 4.02. The lowest BCUT2D eigenvalue weighted by molar-refractivity contribution is 0.383. The van der Waals surface area contributed by atoms with Crippen LogP contribution in [0.25, 0.3) is 11.4 Å². The molecule has 2 rings (SSSR count). The first kappa shape index (κ1) is 12.1. The highest BCUT2D eigenvalue weighted by Crippen LogP contribution is 2.35. The monoisotopic (exact) mass is 250 g/mol. The highest BCUT2D eigenvalue weighted by Gasteiger charge is 2.13. The van der Waals surface area contributed by atoms with Crippen molar-refractivity contribution >= 4 is 12.4 Å². The molecule has 1 aromatic carbocycles. The van der Waals surface area contributed by atoms with Crippen molar-refractivity contribution < 1.29 is 9.09 Å². The normalized spacial score (nSPS) is 11.7. The summed E-state index contributed by atoms with van der Waals surface area (Å²) in [5.41, 5.74) is 0.842. The molecular weight excluding hydrogens is 235 g/mol. The first-order valence-corrected chi connectivity index (χ1v) is 8.09. The van der Waals surface area contributed by atoms with Gasteiger partial charge in [-0.1, -0.05) is 30.3 Å². The molecular formula is C12H15N2O2P. The average molecular weight is 250 g/mol. The van der Waals surface area contributed by atoms with E-state index in [1.54, 1.807) is 13.3 Å². The van der Waals surface area contributed by atoms with Gasteiger partial charge in [-0.25, -0.2) is 0 Å². The molecule has 2 aromatic rings. The zero-order valence-electron chi connectivity index (χ0n) is 10.2. The first-order chi connectivity index (χ1) is 8.00. The summed E-state index contributed by atoms with van der Waals surface area (Å²) in [4.78, 5) is 4.25. The summed E-state index contributed by atoms with van der Waals surface area (Å²) >= 11 is 0. The molecule has 90 valence electrons. The lowest BCUT2D eigenvalue weighted by atomic mass is 10.2. The van der Waals surface area contributed by atoms with Crippen molar-refractivity contribution in [2.75, 3.05) is 13.3 Å². The second-order valence-corrected chi connectivity index (χ2v) is 7.48. The molecule has 0 aliphatic carbocycles. The van der Waals surface area contributed by atoms with Crippen molar-refractivity contribution in [3.05, 3.63) is 30.2 Å². The SMILES string of the molecule is CCc1nc(-c2cccc(P(C)(C)=O)c2)no1. The van der Waals surface area contributed by atoms with Gasteiger partial charge in [-0.3, -0.25) is 0 Å². The van der Waals surface area contributed by atoms with Crippen LogP contribution in [0.15, 0.2) is 28.8 Å². The van der Waals surface area contributed by atoms with Crippen molar-refractivity contribution in [1.29, 1.82) is 0 Å². The van der Waals surface area contributed by atoms with Crippen LogP contribution in [0.3, 0.4) is 0 Å². The van der Waals surface area contributed by atoms with Crippen molar-refractivity contribution in [3.63, 3.8) is 0 Å². The fourth-order valence-electron chi connectivity index (χ4n) is 1.50. The van der Waals surface area contributed by atoms with E-state index in [-0.39, 0.29) is 0 Å². The Balaban J connectivity index is 2.43. The second-order valence-electron chi connectivity index (χ2n) is 4.27. The van der Waals surface area contributed by atoms with Gasteiger partial charge in [0, 0.05) is 17.3 Å². The summed E-state index contributed by atoms with van der Waals surface area (Å²) in [6.45, 7) is 5.46. The van der Waals surface area contributed by atoms with E-state index in [1.807, 2.05) is 31.2 Å². The van der Waals surface area contributed by atoms with E-state index < -0.39 is 7.14 Å². The van der Waals surface area contributed by atoms with Gasteiger partial charge in [-0.05, 0) is 19.4 Å². The van der Waals surface area contributed by atoms with Crippen molar-refractivity contribution in [3.8, 4) is 11.4 Å². The molecule has 0 radical (unpaired) electrons. The van der Waals surface area contributed by atoms with Gasteiger partial charge < -0.3 is 9.09 Å². The van der Waals surface area contributed by atoms with Crippen molar-refractivity contribution in [2.45, 2.75) is 13.3 Å². The minimum absolute atomic E-state index is 0.553. The highest BCUT2D eigenvalue weighted by molar-refractivity contribution is 7.70. The van der Waals surface area contributed by atoms with Gasteiger partial charge in [0.05, 0.1) is 0 Å². The van der Waals surface area contributed by atoms with Gasteiger partial charge in [-0.15, -0.1) is 0 Å². The van der Waals surface area contributed by atoms with Gasteiger partial charge in [0.25, 0.3) is 0 Å². The van der Waals surface area contributed by atoms with Crippen LogP contribution >= 0.6 is 7.14 Å². The predicted octanol–water partition coefficient (Wildman–Crippen LogP) is 2.55. The maximum Gasteiger partial charge on any atom is 0.226 e. The number of aromatic nitrogens is 2. The summed E-state index contributed by atoms with van der Waals surface area (Å²) in [6.07, 6.45) is 0.715. The number of hydrogen-bond donors (Lipinski definition) is 0. The Hall–Kier alpha value is -1.41. The fraction of sp³-hybridized carbons (Fsp3) is 0.333. The predicted molar refractivity (Wildman–Crippen MR) is 68.2 cm³/mol. The maximum atomic E-state index is 12.0. The quantitative estimate of drug-likeness (QED) is 0.785. The van der Waals surface area contributed by atoms with Crippen LogP contribution in [0.2, 0.25) is 0 Å². The maximum absolute atomic E-state index is 12.0. The van der Waals surface area contributed by atoms with Crippen molar-refractivity contribution in [1.82, 2.24) is 10.1 Å². The van der Waals surface area contributed by atoms with E-state index in [1.165, 1.54) is 0 Å². The molecule has 0 aliphatic heterocycles. The molecule has 1 aromatic heterocycles. The van der Waals surface area contributed by atoms with E-state index >= 15 is 0 Å². The summed E-state index contributed by atoms with van der Waals surface area (Å²) in [7, 11) is -2.25. The molecule has 1 heterocycles. The largest absolute Gasteiger partial charge is 0.339 e. The number of benzene rings is 1. The van der Waals surface area contributed by atoms with Crippen LogP contribution in [0.5, 0.6) is 0 Å². The molecule has 0 amide bonds. The van der Waals surface area contributed by atoms with E-state index in [0.717, 1.165) is 10.9 Å². The molecule has 0 saturated heterocycles. The summed E-state index contributed by atoms with van der Waals surface area (Å²) in [5, 5.41) is 4.74. The molecule has 0 aliphatic rings. The van der Waals surface area contributed by atoms with E-state index in [0.29, 0.717) is 18.1 Å². The lowest BCUT2D eigenvalue weighted by Gasteiger charge is -2.07. The lowest BCUT2D eigenvalue weighted by Crippen LogP contribution is -2.02. The van der Waals surface area contributed by atoms with Crippen LogP contribution < -0.4 is 5.30 Å². The fourth-order valence-corrected chi connectivity index (χ4v) is 2.39. The molecule has 17 heavy (non-hydrogen) atoms. The number of aryl methyl sites for hydroxylation is 1. The number of nitrogens with zero attached hydrogens (tertiary/aromatic N) is 2. The van der Waals surface area contributed by atoms with Gasteiger partial charge in [0.1, 0.15) is 7.14 Å². The minimum atomic E-state index is -2.25. The third-order valence-electron chi connectivity index (χ3n) is 2.50. The molecule has 0 N–H and O–H groups in total. The van der Waals surface area contributed by atoms with Crippen LogP contribution in [0.4, 0.5) is 0 Å². The number of hydrogen-bond acceptors (Lipinski definition) is 4. The molecule has 0 bridgehead atoms. The zero-order chi connectivity index (χ0) is 12.5. The smallest absolute Gasteiger partial charge is 0.226 e. The van der Waals surface area contributed by atoms with Gasteiger partial charge in [0.2, 0.25) is 11.7 Å². The molecule has 0 unspecified atom stereocenters. The highest BCUT2D eigenvalue weighted by atomic mass is 31.2. The summed E-state index contributed by atoms with van der Waals surface area (Å²) in [6, 6.07) is 7.49. The van der Waals surface area contributed by atoms with Gasteiger partial charge >= 0.3 is 0 Å². The Morgan fingerprint density at radius 3 is 2.71 bits per heavy atom. The Morgan fingerprint density at radius 2 is 2.12 bits per heavy atom. The topological polar surface area (TPSA) is 56.0 Å². The Bertz CT molecular complexity index is 571. The van der Waals surface area contributed by atoms with Gasteiger partial charge in [0.15, 0.2) is 0 Å². The Morgan fingerprint density at radius 1 is 1.35 bits per heavy atom. The van der Waals surface area contributed by atoms with Crippen LogP contribution in [0.1, 0.15) is 12.8 Å². The van der Waals surface area contributed by atoms with Crippen molar-refractivity contribution in [2.24, 2.45) is 0 Å². The van der Waals surface area contributed by atoms with E-state index in [9.17, 15) is 4.57 Å². The van der Waals surface area contributed by atoms with E-state index in [2.05, 4.69) is 10.1 Å². The average Bonchev–Trinajstić information content (AvgIpc) is 2.76. The van der Waals surface area contributed by atoms with Gasteiger partial charge in [-0.2, -0.15) is 4.98 Å².